The number of nitro groups is 1. The van der Waals surface area contributed by atoms with Crippen molar-refractivity contribution in [3.63, 3.8) is 0 Å². The number of benzene rings is 1. The number of nitrogens with one attached hydrogen (secondary N) is 1. The molecule has 1 N–H and O–H groups in total. The van der Waals surface area contributed by atoms with E-state index in [1.54, 1.807) is 25.2 Å². The van der Waals surface area contributed by atoms with Gasteiger partial charge < -0.3 is 10.2 Å². The van der Waals surface area contributed by atoms with Crippen LogP contribution in [0.15, 0.2) is 30.3 Å². The van der Waals surface area contributed by atoms with E-state index in [1.165, 1.54) is 11.3 Å². The third-order valence-corrected chi connectivity index (χ3v) is 4.12. The fourth-order valence-electron chi connectivity index (χ4n) is 1.99. The largest absolute Gasteiger partial charge is 0.382 e. The SMILES string of the molecule is CNc1cccc(N(C)Cc2ccc(Cl)s2)c1[N+](=O)[O-]. The Balaban J connectivity index is 2.34. The summed E-state index contributed by atoms with van der Waals surface area (Å²) in [5, 5.41) is 14.1. The minimum Gasteiger partial charge on any atom is -0.382 e. The molecule has 2 aromatic rings. The molecule has 0 saturated carbocycles. The monoisotopic (exact) mass is 311 g/mol. The van der Waals surface area contributed by atoms with Crippen molar-refractivity contribution in [3.05, 3.63) is 49.7 Å². The first-order valence-electron chi connectivity index (χ1n) is 5.93. The molecule has 2 rings (SSSR count). The standard InChI is InChI=1S/C13H14ClN3O2S/c1-15-10-4-3-5-11(13(10)17(18)19)16(2)8-9-6-7-12(14)20-9/h3-7,15H,8H2,1-2H3. The average molecular weight is 312 g/mol. The minimum absolute atomic E-state index is 0.0835. The van der Waals surface area contributed by atoms with Gasteiger partial charge in [-0.15, -0.1) is 11.3 Å². The Hall–Kier alpha value is -1.79. The Labute approximate surface area is 125 Å². The van der Waals surface area contributed by atoms with E-state index in [-0.39, 0.29) is 10.6 Å². The number of thiophene rings is 1. The van der Waals surface area contributed by atoms with Gasteiger partial charge in [-0.25, -0.2) is 0 Å². The van der Waals surface area contributed by atoms with Gasteiger partial charge in [0, 0.05) is 19.0 Å². The second kappa shape index (κ2) is 6.11. The molecule has 0 bridgehead atoms. The van der Waals surface area contributed by atoms with Crippen molar-refractivity contribution in [2.24, 2.45) is 0 Å². The van der Waals surface area contributed by atoms with Crippen LogP contribution < -0.4 is 10.2 Å². The van der Waals surface area contributed by atoms with E-state index in [0.717, 1.165) is 4.88 Å². The fourth-order valence-corrected chi connectivity index (χ4v) is 3.13. The van der Waals surface area contributed by atoms with Crippen molar-refractivity contribution < 1.29 is 4.92 Å². The molecule has 0 atom stereocenters. The molecular weight excluding hydrogens is 298 g/mol. The smallest absolute Gasteiger partial charge is 0.315 e. The van der Waals surface area contributed by atoms with Crippen LogP contribution in [0, 0.1) is 10.1 Å². The van der Waals surface area contributed by atoms with Crippen molar-refractivity contribution in [1.82, 2.24) is 0 Å². The first kappa shape index (κ1) is 14.6. The van der Waals surface area contributed by atoms with Crippen LogP contribution in [0.5, 0.6) is 0 Å². The van der Waals surface area contributed by atoms with E-state index in [1.807, 2.05) is 24.1 Å². The molecule has 0 fully saturated rings. The summed E-state index contributed by atoms with van der Waals surface area (Å²) in [5.74, 6) is 0. The molecule has 7 heteroatoms. The summed E-state index contributed by atoms with van der Waals surface area (Å²) in [6, 6.07) is 8.99. The van der Waals surface area contributed by atoms with E-state index in [2.05, 4.69) is 5.32 Å². The molecule has 0 spiro atoms. The summed E-state index contributed by atoms with van der Waals surface area (Å²) >= 11 is 7.37. The lowest BCUT2D eigenvalue weighted by atomic mass is 10.2. The van der Waals surface area contributed by atoms with E-state index in [9.17, 15) is 10.1 Å². The van der Waals surface area contributed by atoms with Crippen LogP contribution in [0.25, 0.3) is 0 Å². The molecule has 1 aromatic heterocycles. The third-order valence-electron chi connectivity index (χ3n) is 2.90. The Bertz CT molecular complexity index is 630. The molecule has 0 aliphatic carbocycles. The predicted octanol–water partition coefficient (Wildman–Crippen LogP) is 3.99. The van der Waals surface area contributed by atoms with Crippen molar-refractivity contribution in [1.29, 1.82) is 0 Å². The van der Waals surface area contributed by atoms with Crippen LogP contribution >= 0.6 is 22.9 Å². The van der Waals surface area contributed by atoms with Crippen molar-refractivity contribution in [3.8, 4) is 0 Å². The van der Waals surface area contributed by atoms with E-state index in [0.29, 0.717) is 22.3 Å². The van der Waals surface area contributed by atoms with Gasteiger partial charge in [0.15, 0.2) is 0 Å². The molecule has 0 amide bonds. The predicted molar refractivity (Wildman–Crippen MR) is 84.1 cm³/mol. The van der Waals surface area contributed by atoms with Crippen LogP contribution in [0.2, 0.25) is 4.34 Å². The number of halogens is 1. The van der Waals surface area contributed by atoms with Crippen LogP contribution in [0.1, 0.15) is 4.88 Å². The van der Waals surface area contributed by atoms with E-state index >= 15 is 0 Å². The minimum atomic E-state index is -0.362. The molecule has 5 nitrogen and oxygen atoms in total. The fraction of sp³-hybridized carbons (Fsp3) is 0.231. The Morgan fingerprint density at radius 1 is 1.40 bits per heavy atom. The zero-order valence-electron chi connectivity index (χ0n) is 11.1. The maximum atomic E-state index is 11.3. The van der Waals surface area contributed by atoms with Gasteiger partial charge in [0.25, 0.3) is 0 Å². The van der Waals surface area contributed by atoms with Crippen molar-refractivity contribution in [2.75, 3.05) is 24.3 Å². The van der Waals surface area contributed by atoms with Gasteiger partial charge in [0.1, 0.15) is 11.4 Å². The van der Waals surface area contributed by atoms with E-state index < -0.39 is 0 Å². The highest BCUT2D eigenvalue weighted by Gasteiger charge is 2.21. The lowest BCUT2D eigenvalue weighted by Crippen LogP contribution is -2.17. The highest BCUT2D eigenvalue weighted by molar-refractivity contribution is 7.16. The van der Waals surface area contributed by atoms with Crippen LogP contribution in [0.3, 0.4) is 0 Å². The number of nitro benzene ring substituents is 1. The molecule has 20 heavy (non-hydrogen) atoms. The lowest BCUT2D eigenvalue weighted by molar-refractivity contribution is -0.383. The van der Waals surface area contributed by atoms with Crippen molar-refractivity contribution >= 4 is 40.0 Å². The summed E-state index contributed by atoms with van der Waals surface area (Å²) in [6.45, 7) is 0.575. The first-order chi connectivity index (χ1) is 9.52. The topological polar surface area (TPSA) is 58.4 Å². The van der Waals surface area contributed by atoms with Crippen LogP contribution in [-0.4, -0.2) is 19.0 Å². The average Bonchev–Trinajstić information content (AvgIpc) is 2.82. The van der Waals surface area contributed by atoms with Crippen LogP contribution in [0.4, 0.5) is 17.1 Å². The molecule has 0 radical (unpaired) electrons. The number of anilines is 2. The molecule has 1 aromatic carbocycles. The number of rotatable bonds is 5. The number of hydrogen-bond acceptors (Lipinski definition) is 5. The zero-order valence-corrected chi connectivity index (χ0v) is 12.7. The normalized spacial score (nSPS) is 10.3. The zero-order chi connectivity index (χ0) is 14.7. The summed E-state index contributed by atoms with van der Waals surface area (Å²) in [6.07, 6.45) is 0. The second-order valence-corrected chi connectivity index (χ2v) is 6.04. The maximum Gasteiger partial charge on any atom is 0.315 e. The summed E-state index contributed by atoms with van der Waals surface area (Å²) in [5.41, 5.74) is 1.16. The summed E-state index contributed by atoms with van der Waals surface area (Å²) in [4.78, 5) is 13.8. The molecule has 0 aliphatic heterocycles. The Morgan fingerprint density at radius 3 is 2.70 bits per heavy atom. The van der Waals surface area contributed by atoms with Crippen molar-refractivity contribution in [2.45, 2.75) is 6.54 Å². The van der Waals surface area contributed by atoms with E-state index in [4.69, 9.17) is 11.6 Å². The van der Waals surface area contributed by atoms with Gasteiger partial charge in [0.2, 0.25) is 0 Å². The molecular formula is C13H14ClN3O2S. The number of para-hydroxylation sites is 1. The van der Waals surface area contributed by atoms with Crippen LogP contribution in [-0.2, 0) is 6.54 Å². The summed E-state index contributed by atoms with van der Waals surface area (Å²) in [7, 11) is 3.50. The van der Waals surface area contributed by atoms with Gasteiger partial charge >= 0.3 is 5.69 Å². The highest BCUT2D eigenvalue weighted by Crippen LogP contribution is 2.35. The highest BCUT2D eigenvalue weighted by atomic mass is 35.5. The van der Waals surface area contributed by atoms with Gasteiger partial charge in [0.05, 0.1) is 15.8 Å². The first-order valence-corrected chi connectivity index (χ1v) is 7.13. The maximum absolute atomic E-state index is 11.3. The quantitative estimate of drug-likeness (QED) is 0.670. The third kappa shape index (κ3) is 3.02. The van der Waals surface area contributed by atoms with Gasteiger partial charge in [-0.1, -0.05) is 17.7 Å². The summed E-state index contributed by atoms with van der Waals surface area (Å²) < 4.78 is 0.715. The lowest BCUT2D eigenvalue weighted by Gasteiger charge is -2.19. The number of nitrogens with zero attached hydrogens (tertiary/aromatic N) is 2. The molecule has 0 aliphatic rings. The molecule has 106 valence electrons. The second-order valence-electron chi connectivity index (χ2n) is 4.24. The van der Waals surface area contributed by atoms with Gasteiger partial charge in [-0.2, -0.15) is 0 Å². The van der Waals surface area contributed by atoms with Gasteiger partial charge in [-0.05, 0) is 24.3 Å². The molecule has 0 unspecified atom stereocenters. The Kier molecular flexibility index (Phi) is 4.46. The number of hydrogen-bond donors (Lipinski definition) is 1. The Morgan fingerprint density at radius 2 is 2.15 bits per heavy atom. The molecule has 0 saturated heterocycles. The van der Waals surface area contributed by atoms with Gasteiger partial charge in [-0.3, -0.25) is 10.1 Å². The molecule has 1 heterocycles.